The molecule has 0 fully saturated rings. The maximum Gasteiger partial charge on any atom is 0.251 e. The predicted molar refractivity (Wildman–Crippen MR) is 126 cm³/mol. The summed E-state index contributed by atoms with van der Waals surface area (Å²) in [6.07, 6.45) is 0.367. The van der Waals surface area contributed by atoms with Crippen LogP contribution in [0.25, 0.3) is 11.3 Å². The number of thioether (sulfide) groups is 1. The van der Waals surface area contributed by atoms with Gasteiger partial charge in [0.1, 0.15) is 11.1 Å². The minimum absolute atomic E-state index is 0.0796. The summed E-state index contributed by atoms with van der Waals surface area (Å²) >= 11 is 1.36. The van der Waals surface area contributed by atoms with E-state index in [1.807, 2.05) is 19.9 Å². The lowest BCUT2D eigenvalue weighted by atomic mass is 9.97. The summed E-state index contributed by atoms with van der Waals surface area (Å²) in [5.74, 6) is -0.473. The average Bonchev–Trinajstić information content (AvgIpc) is 2.75. The van der Waals surface area contributed by atoms with Crippen molar-refractivity contribution in [3.8, 4) is 11.3 Å². The molecule has 0 saturated heterocycles. The maximum atomic E-state index is 12.9. The Labute approximate surface area is 196 Å². The van der Waals surface area contributed by atoms with Crippen LogP contribution in [0.15, 0.2) is 23.2 Å². The second kappa shape index (κ2) is 11.1. The van der Waals surface area contributed by atoms with E-state index in [0.717, 1.165) is 16.7 Å². The summed E-state index contributed by atoms with van der Waals surface area (Å²) in [6, 6.07) is 4.66. The Morgan fingerprint density at radius 2 is 1.97 bits per heavy atom. The van der Waals surface area contributed by atoms with Crippen molar-refractivity contribution >= 4 is 35.4 Å². The Balaban J connectivity index is 1.94. The van der Waals surface area contributed by atoms with Crippen molar-refractivity contribution < 1.29 is 19.5 Å². The number of aliphatic hydroxyl groups is 1. The van der Waals surface area contributed by atoms with Gasteiger partial charge in [-0.25, -0.2) is 9.97 Å². The van der Waals surface area contributed by atoms with Gasteiger partial charge in [-0.1, -0.05) is 6.07 Å². The number of benzene rings is 1. The first-order chi connectivity index (χ1) is 15.8. The summed E-state index contributed by atoms with van der Waals surface area (Å²) in [5, 5.41) is 17.7. The monoisotopic (exact) mass is 472 g/mol. The Kier molecular flexibility index (Phi) is 8.23. The second-order valence-corrected chi connectivity index (χ2v) is 8.82. The third-order valence-corrected chi connectivity index (χ3v) is 6.09. The van der Waals surface area contributed by atoms with Gasteiger partial charge in [-0.15, -0.1) is 11.8 Å². The maximum absolute atomic E-state index is 12.9. The fourth-order valence-corrected chi connectivity index (χ4v) is 4.39. The number of fused-ring (bicyclic) bond motifs is 5. The largest absolute Gasteiger partial charge is 0.395 e. The summed E-state index contributed by atoms with van der Waals surface area (Å²) in [5.41, 5.74) is 9.53. The number of aryl methyl sites for hydroxylation is 2. The van der Waals surface area contributed by atoms with E-state index in [2.05, 4.69) is 25.9 Å². The van der Waals surface area contributed by atoms with Gasteiger partial charge in [0.05, 0.1) is 12.3 Å². The Bertz CT molecular complexity index is 1060. The average molecular weight is 473 g/mol. The highest BCUT2D eigenvalue weighted by molar-refractivity contribution is 7.99. The SMILES string of the molecule is Cc1cc(C)c2cc1C(=O)NCCC(C(=O)NCCO)NC(=O)CCSc1cc-2nc(N)n1. The molecule has 1 aliphatic rings. The molecule has 1 atom stereocenters. The Morgan fingerprint density at radius 1 is 1.21 bits per heavy atom. The van der Waals surface area contributed by atoms with Gasteiger partial charge in [0, 0.05) is 36.4 Å². The van der Waals surface area contributed by atoms with Crippen molar-refractivity contribution in [3.05, 3.63) is 34.9 Å². The van der Waals surface area contributed by atoms with Crippen molar-refractivity contribution in [1.82, 2.24) is 25.9 Å². The highest BCUT2D eigenvalue weighted by atomic mass is 32.2. The Hall–Kier alpha value is -3.18. The van der Waals surface area contributed by atoms with Crippen molar-refractivity contribution in [1.29, 1.82) is 0 Å². The summed E-state index contributed by atoms with van der Waals surface area (Å²) in [4.78, 5) is 46.4. The van der Waals surface area contributed by atoms with E-state index in [4.69, 9.17) is 10.8 Å². The van der Waals surface area contributed by atoms with Crippen LogP contribution >= 0.6 is 11.8 Å². The van der Waals surface area contributed by atoms with Crippen molar-refractivity contribution in [3.63, 3.8) is 0 Å². The Morgan fingerprint density at radius 3 is 2.73 bits per heavy atom. The van der Waals surface area contributed by atoms with Gasteiger partial charge < -0.3 is 26.8 Å². The quantitative estimate of drug-likeness (QED) is 0.405. The third kappa shape index (κ3) is 6.42. The molecule has 1 aromatic heterocycles. The van der Waals surface area contributed by atoms with Crippen LogP contribution in [0.2, 0.25) is 0 Å². The van der Waals surface area contributed by atoms with Crippen LogP contribution in [0.3, 0.4) is 0 Å². The normalized spacial score (nSPS) is 17.1. The zero-order valence-electron chi connectivity index (χ0n) is 18.6. The van der Waals surface area contributed by atoms with E-state index < -0.39 is 11.9 Å². The molecule has 33 heavy (non-hydrogen) atoms. The van der Waals surface area contributed by atoms with E-state index in [1.54, 1.807) is 12.1 Å². The standard InChI is InChI=1S/C22H28N6O4S/c1-12-9-13(2)15-10-14(12)17-11-19(28-22(23)27-17)33-8-4-18(30)26-16(3-5-24-20(15)31)21(32)25-6-7-29/h9-11,16,29H,3-8H2,1-2H3,(H,24,31)(H,25,32)(H,26,30)(H2,23,27,28). The minimum Gasteiger partial charge on any atom is -0.395 e. The van der Waals surface area contributed by atoms with Crippen LogP contribution in [0, 0.1) is 13.8 Å². The fourth-order valence-electron chi connectivity index (χ4n) is 3.54. The number of hydrogen-bond acceptors (Lipinski definition) is 8. The molecule has 1 aliphatic heterocycles. The van der Waals surface area contributed by atoms with E-state index >= 15 is 0 Å². The van der Waals surface area contributed by atoms with Crippen LogP contribution in [0.5, 0.6) is 0 Å². The number of nitrogens with one attached hydrogen (secondary N) is 3. The van der Waals surface area contributed by atoms with Gasteiger partial charge in [0.15, 0.2) is 0 Å². The van der Waals surface area contributed by atoms with E-state index in [0.29, 0.717) is 22.0 Å². The lowest BCUT2D eigenvalue weighted by molar-refractivity contribution is -0.129. The lowest BCUT2D eigenvalue weighted by Crippen LogP contribution is -2.48. The first kappa shape index (κ1) is 24.5. The number of amides is 3. The molecule has 3 rings (SSSR count). The fraction of sp³-hybridized carbons (Fsp3) is 0.409. The van der Waals surface area contributed by atoms with E-state index in [9.17, 15) is 14.4 Å². The number of nitrogens with zero attached hydrogens (tertiary/aromatic N) is 2. The highest BCUT2D eigenvalue weighted by Crippen LogP contribution is 2.29. The number of carbonyl (C=O) groups excluding carboxylic acids is 3. The molecular weight excluding hydrogens is 444 g/mol. The van der Waals surface area contributed by atoms with Gasteiger partial charge >= 0.3 is 0 Å². The number of aliphatic hydroxyl groups excluding tert-OH is 1. The molecule has 1 unspecified atom stereocenters. The molecular formula is C22H28N6O4S. The van der Waals surface area contributed by atoms with Gasteiger partial charge in [0.2, 0.25) is 17.8 Å². The molecule has 4 bridgehead atoms. The molecule has 0 saturated carbocycles. The molecule has 2 heterocycles. The summed E-state index contributed by atoms with van der Waals surface area (Å²) in [7, 11) is 0. The van der Waals surface area contributed by atoms with Crippen LogP contribution in [0.4, 0.5) is 5.95 Å². The molecule has 0 aliphatic carbocycles. The molecule has 0 radical (unpaired) electrons. The van der Waals surface area contributed by atoms with Gasteiger partial charge in [-0.2, -0.15) is 0 Å². The number of nitrogen functional groups attached to an aromatic ring is 1. The number of rotatable bonds is 3. The number of nitrogens with two attached hydrogens (primary N) is 1. The highest BCUT2D eigenvalue weighted by Gasteiger charge is 2.22. The molecule has 6 N–H and O–H groups in total. The number of carbonyl (C=O) groups is 3. The molecule has 176 valence electrons. The minimum atomic E-state index is -0.835. The smallest absolute Gasteiger partial charge is 0.251 e. The first-order valence-electron chi connectivity index (χ1n) is 10.6. The number of hydrogen-bond donors (Lipinski definition) is 5. The van der Waals surface area contributed by atoms with Crippen LogP contribution in [-0.2, 0) is 9.59 Å². The van der Waals surface area contributed by atoms with E-state index in [-0.39, 0.29) is 50.3 Å². The topological polar surface area (TPSA) is 159 Å². The third-order valence-electron chi connectivity index (χ3n) is 5.17. The molecule has 2 aromatic rings. The zero-order chi connectivity index (χ0) is 24.0. The van der Waals surface area contributed by atoms with Crippen molar-refractivity contribution in [2.45, 2.75) is 37.8 Å². The summed E-state index contributed by atoms with van der Waals surface area (Å²) < 4.78 is 0. The molecule has 1 aromatic carbocycles. The van der Waals surface area contributed by atoms with Crippen molar-refractivity contribution in [2.24, 2.45) is 0 Å². The molecule has 0 spiro atoms. The second-order valence-electron chi connectivity index (χ2n) is 7.71. The van der Waals surface area contributed by atoms with Crippen LogP contribution < -0.4 is 21.7 Å². The summed E-state index contributed by atoms with van der Waals surface area (Å²) in [6.45, 7) is 3.84. The zero-order valence-corrected chi connectivity index (χ0v) is 19.4. The van der Waals surface area contributed by atoms with Crippen LogP contribution in [-0.4, -0.2) is 64.3 Å². The van der Waals surface area contributed by atoms with Crippen molar-refractivity contribution in [2.75, 3.05) is 31.2 Å². The van der Waals surface area contributed by atoms with E-state index in [1.165, 1.54) is 11.8 Å². The van der Waals surface area contributed by atoms with Gasteiger partial charge in [0.25, 0.3) is 5.91 Å². The molecule has 3 amide bonds. The van der Waals surface area contributed by atoms with Gasteiger partial charge in [-0.05, 0) is 43.5 Å². The number of aromatic nitrogens is 2. The molecule has 11 heteroatoms. The van der Waals surface area contributed by atoms with Crippen LogP contribution in [0.1, 0.15) is 34.3 Å². The van der Waals surface area contributed by atoms with Gasteiger partial charge in [-0.3, -0.25) is 14.4 Å². The molecule has 10 nitrogen and oxygen atoms in total. The predicted octanol–water partition coefficient (Wildman–Crippen LogP) is 0.552. The lowest BCUT2D eigenvalue weighted by Gasteiger charge is -2.19. The first-order valence-corrected chi connectivity index (χ1v) is 11.6. The number of anilines is 1.